The lowest BCUT2D eigenvalue weighted by atomic mass is 10.1. The summed E-state index contributed by atoms with van der Waals surface area (Å²) >= 11 is 1.37. The van der Waals surface area contributed by atoms with Gasteiger partial charge in [-0.3, -0.25) is 14.4 Å². The molecule has 1 N–H and O–H groups in total. The summed E-state index contributed by atoms with van der Waals surface area (Å²) in [5.41, 5.74) is 1.02. The molecule has 1 atom stereocenters. The third kappa shape index (κ3) is 5.68. The number of Topliss-reactive ketones (excluding diaryl/α,β-unsaturated/α-hetero) is 1. The molecule has 0 saturated carbocycles. The highest BCUT2D eigenvalue weighted by Gasteiger charge is 2.19. The first-order valence-corrected chi connectivity index (χ1v) is 10.1. The van der Waals surface area contributed by atoms with Gasteiger partial charge in [-0.15, -0.1) is 11.8 Å². The van der Waals surface area contributed by atoms with Crippen LogP contribution in [0.2, 0.25) is 0 Å². The van der Waals surface area contributed by atoms with Crippen LogP contribution in [-0.4, -0.2) is 29.5 Å². The van der Waals surface area contributed by atoms with Gasteiger partial charge >= 0.3 is 5.97 Å². The Morgan fingerprint density at radius 1 is 0.966 bits per heavy atom. The summed E-state index contributed by atoms with van der Waals surface area (Å²) in [6, 6.07) is 20.5. The topological polar surface area (TPSA) is 72.5 Å². The molecule has 3 aromatic carbocycles. The zero-order chi connectivity index (χ0) is 20.8. The molecule has 0 aliphatic carbocycles. The maximum atomic E-state index is 12.5. The molecular formula is C23H21NO4S. The molecule has 148 valence electrons. The van der Waals surface area contributed by atoms with E-state index < -0.39 is 12.1 Å². The maximum absolute atomic E-state index is 12.5. The number of hydrogen-bond donors (Lipinski definition) is 1. The van der Waals surface area contributed by atoms with Crippen molar-refractivity contribution in [1.82, 2.24) is 0 Å². The standard InChI is InChI=1S/C23H21NO4S/c1-15(23(27)18-7-10-20(11-8-18)24-16(2)25)28-22(26)14-29-21-12-9-17-5-3-4-6-19(17)13-21/h3-13,15H,14H2,1-2H3,(H,24,25)/t15-/m1/s1. The van der Waals surface area contributed by atoms with E-state index in [4.69, 9.17) is 4.74 Å². The third-order valence-corrected chi connectivity index (χ3v) is 5.21. The lowest BCUT2D eigenvalue weighted by Crippen LogP contribution is -2.25. The van der Waals surface area contributed by atoms with Gasteiger partial charge in [0.2, 0.25) is 11.7 Å². The monoisotopic (exact) mass is 407 g/mol. The van der Waals surface area contributed by atoms with Gasteiger partial charge in [-0.2, -0.15) is 0 Å². The lowest BCUT2D eigenvalue weighted by molar-refractivity contribution is -0.143. The van der Waals surface area contributed by atoms with Crippen LogP contribution < -0.4 is 5.32 Å². The summed E-state index contributed by atoms with van der Waals surface area (Å²) in [6.07, 6.45) is -0.883. The summed E-state index contributed by atoms with van der Waals surface area (Å²) in [7, 11) is 0. The van der Waals surface area contributed by atoms with Crippen LogP contribution in [-0.2, 0) is 14.3 Å². The van der Waals surface area contributed by atoms with Crippen LogP contribution in [0.3, 0.4) is 0 Å². The van der Waals surface area contributed by atoms with E-state index in [2.05, 4.69) is 5.32 Å². The Bertz CT molecular complexity index is 1050. The molecule has 1 amide bonds. The van der Waals surface area contributed by atoms with Crippen molar-refractivity contribution in [1.29, 1.82) is 0 Å². The lowest BCUT2D eigenvalue weighted by Gasteiger charge is -2.13. The molecule has 0 aliphatic heterocycles. The molecule has 0 aliphatic rings. The van der Waals surface area contributed by atoms with Gasteiger partial charge in [-0.05, 0) is 54.1 Å². The number of ether oxygens (including phenoxy) is 1. The van der Waals surface area contributed by atoms with Gasteiger partial charge in [0, 0.05) is 23.1 Å². The second kappa shape index (κ2) is 9.39. The molecule has 0 unspecified atom stereocenters. The van der Waals surface area contributed by atoms with Crippen molar-refractivity contribution in [3.05, 3.63) is 72.3 Å². The number of rotatable bonds is 7. The molecule has 0 saturated heterocycles. The summed E-state index contributed by atoms with van der Waals surface area (Å²) in [5.74, 6) is -0.796. The van der Waals surface area contributed by atoms with E-state index in [-0.39, 0.29) is 17.4 Å². The van der Waals surface area contributed by atoms with E-state index in [1.165, 1.54) is 18.7 Å². The van der Waals surface area contributed by atoms with Crippen LogP contribution in [0.5, 0.6) is 0 Å². The molecule has 29 heavy (non-hydrogen) atoms. The van der Waals surface area contributed by atoms with Crippen LogP contribution in [0.15, 0.2) is 71.6 Å². The van der Waals surface area contributed by atoms with Gasteiger partial charge in [0.05, 0.1) is 5.75 Å². The van der Waals surface area contributed by atoms with Gasteiger partial charge in [-0.25, -0.2) is 0 Å². The minimum atomic E-state index is -0.883. The van der Waals surface area contributed by atoms with Crippen molar-refractivity contribution in [2.45, 2.75) is 24.8 Å². The van der Waals surface area contributed by atoms with Gasteiger partial charge in [0.1, 0.15) is 0 Å². The minimum absolute atomic E-state index is 0.122. The summed E-state index contributed by atoms with van der Waals surface area (Å²) < 4.78 is 5.29. The Morgan fingerprint density at radius 2 is 1.66 bits per heavy atom. The first-order chi connectivity index (χ1) is 13.9. The summed E-state index contributed by atoms with van der Waals surface area (Å²) in [5, 5.41) is 4.89. The van der Waals surface area contributed by atoms with Crippen LogP contribution in [0.4, 0.5) is 5.69 Å². The van der Waals surface area contributed by atoms with E-state index in [1.54, 1.807) is 31.2 Å². The van der Waals surface area contributed by atoms with Crippen molar-refractivity contribution in [3.8, 4) is 0 Å². The highest BCUT2D eigenvalue weighted by atomic mass is 32.2. The normalized spacial score (nSPS) is 11.7. The number of benzene rings is 3. The molecular weight excluding hydrogens is 386 g/mol. The van der Waals surface area contributed by atoms with Crippen molar-refractivity contribution < 1.29 is 19.1 Å². The number of fused-ring (bicyclic) bond motifs is 1. The fraction of sp³-hybridized carbons (Fsp3) is 0.174. The average Bonchev–Trinajstić information content (AvgIpc) is 2.71. The zero-order valence-electron chi connectivity index (χ0n) is 16.2. The maximum Gasteiger partial charge on any atom is 0.316 e. The molecule has 0 radical (unpaired) electrons. The fourth-order valence-corrected chi connectivity index (χ4v) is 3.57. The van der Waals surface area contributed by atoms with E-state index in [0.717, 1.165) is 15.7 Å². The molecule has 0 bridgehead atoms. The summed E-state index contributed by atoms with van der Waals surface area (Å²) in [6.45, 7) is 2.97. The molecule has 0 aromatic heterocycles. The predicted octanol–water partition coefficient (Wildman–Crippen LogP) is 4.70. The van der Waals surface area contributed by atoms with Gasteiger partial charge in [0.15, 0.2) is 6.10 Å². The molecule has 0 spiro atoms. The first-order valence-electron chi connectivity index (χ1n) is 9.15. The van der Waals surface area contributed by atoms with Gasteiger partial charge in [-0.1, -0.05) is 30.3 Å². The number of nitrogens with one attached hydrogen (secondary N) is 1. The smallest absolute Gasteiger partial charge is 0.316 e. The Hall–Kier alpha value is -3.12. The average molecular weight is 407 g/mol. The van der Waals surface area contributed by atoms with E-state index in [1.807, 2.05) is 42.5 Å². The van der Waals surface area contributed by atoms with Gasteiger partial charge in [0.25, 0.3) is 0 Å². The highest BCUT2D eigenvalue weighted by molar-refractivity contribution is 8.00. The Kier molecular flexibility index (Phi) is 6.67. The Morgan fingerprint density at radius 3 is 2.34 bits per heavy atom. The number of thioether (sulfide) groups is 1. The van der Waals surface area contributed by atoms with Crippen LogP contribution >= 0.6 is 11.8 Å². The Balaban J connectivity index is 1.53. The number of ketones is 1. The third-order valence-electron chi connectivity index (χ3n) is 4.24. The SMILES string of the molecule is CC(=O)Nc1ccc(C(=O)[C@@H](C)OC(=O)CSc2ccc3ccccc3c2)cc1. The quantitative estimate of drug-likeness (QED) is 0.349. The molecule has 3 aromatic rings. The van der Waals surface area contributed by atoms with E-state index >= 15 is 0 Å². The number of carbonyl (C=O) groups excluding carboxylic acids is 3. The second-order valence-corrected chi connectivity index (χ2v) is 7.60. The van der Waals surface area contributed by atoms with Crippen LogP contribution in [0.1, 0.15) is 24.2 Å². The second-order valence-electron chi connectivity index (χ2n) is 6.55. The van der Waals surface area contributed by atoms with Crippen molar-refractivity contribution >= 4 is 45.9 Å². The minimum Gasteiger partial charge on any atom is -0.454 e. The number of carbonyl (C=O) groups is 3. The Labute approximate surface area is 173 Å². The summed E-state index contributed by atoms with van der Waals surface area (Å²) in [4.78, 5) is 36.6. The van der Waals surface area contributed by atoms with E-state index in [0.29, 0.717) is 11.3 Å². The van der Waals surface area contributed by atoms with Crippen molar-refractivity contribution in [2.75, 3.05) is 11.1 Å². The zero-order valence-corrected chi connectivity index (χ0v) is 17.0. The van der Waals surface area contributed by atoms with Crippen LogP contribution in [0.25, 0.3) is 10.8 Å². The molecule has 5 nitrogen and oxygen atoms in total. The fourth-order valence-electron chi connectivity index (χ4n) is 2.84. The molecule has 6 heteroatoms. The molecule has 0 fully saturated rings. The largest absolute Gasteiger partial charge is 0.454 e. The molecule has 3 rings (SSSR count). The van der Waals surface area contributed by atoms with Crippen molar-refractivity contribution in [2.24, 2.45) is 0 Å². The van der Waals surface area contributed by atoms with E-state index in [9.17, 15) is 14.4 Å². The van der Waals surface area contributed by atoms with Gasteiger partial charge < -0.3 is 10.1 Å². The van der Waals surface area contributed by atoms with Crippen LogP contribution in [0, 0.1) is 0 Å². The molecule has 0 heterocycles. The highest BCUT2D eigenvalue weighted by Crippen LogP contribution is 2.24. The van der Waals surface area contributed by atoms with Crippen molar-refractivity contribution in [3.63, 3.8) is 0 Å². The number of esters is 1. The number of anilines is 1. The predicted molar refractivity (Wildman–Crippen MR) is 115 cm³/mol. The number of amides is 1. The first kappa shape index (κ1) is 20.6. The number of hydrogen-bond acceptors (Lipinski definition) is 5.